The Morgan fingerprint density at radius 3 is 2.38 bits per heavy atom. The molecule has 0 spiro atoms. The summed E-state index contributed by atoms with van der Waals surface area (Å²) in [6.07, 6.45) is 0. The number of halogens is 1. The van der Waals surface area contributed by atoms with Gasteiger partial charge in [-0.05, 0) is 36.5 Å². The fraction of sp³-hybridized carbons (Fsp3) is 0.533. The number of hydrogen-bond donors (Lipinski definition) is 2. The molecule has 4 nitrogen and oxygen atoms in total. The zero-order chi connectivity index (χ0) is 15.2. The molecule has 1 aromatic rings. The highest BCUT2D eigenvalue weighted by molar-refractivity contribution is 7.80. The van der Waals surface area contributed by atoms with Gasteiger partial charge in [0.25, 0.3) is 0 Å². The molecule has 0 saturated carbocycles. The van der Waals surface area contributed by atoms with Crippen LogP contribution in [0.5, 0.6) is 0 Å². The second-order valence-electron chi connectivity index (χ2n) is 5.64. The summed E-state index contributed by atoms with van der Waals surface area (Å²) in [4.78, 5) is 5.88. The summed E-state index contributed by atoms with van der Waals surface area (Å²) in [5.74, 6) is -0.189. The van der Waals surface area contributed by atoms with Crippen LogP contribution in [0.15, 0.2) is 24.3 Å². The Hall–Kier alpha value is -1.40. The highest BCUT2D eigenvalue weighted by Gasteiger charge is 2.19. The van der Waals surface area contributed by atoms with Crippen LogP contribution in [0.25, 0.3) is 0 Å². The maximum atomic E-state index is 12.9. The average Bonchev–Trinajstić information content (AvgIpc) is 2.48. The topological polar surface area (TPSA) is 23.0 Å². The van der Waals surface area contributed by atoms with Crippen LogP contribution in [0.1, 0.15) is 0 Å². The molecule has 6 heteroatoms. The number of quaternary nitrogens is 1. The molecule has 0 aliphatic carbocycles. The first-order valence-corrected chi connectivity index (χ1v) is 7.79. The molecular weight excluding hydrogens is 287 g/mol. The van der Waals surface area contributed by atoms with Gasteiger partial charge in [-0.15, -0.1) is 0 Å². The first-order chi connectivity index (χ1) is 10.1. The Balaban J connectivity index is 1.77. The van der Waals surface area contributed by atoms with E-state index in [0.717, 1.165) is 50.1 Å². The van der Waals surface area contributed by atoms with Gasteiger partial charge in [0.1, 0.15) is 5.82 Å². The van der Waals surface area contributed by atoms with Gasteiger partial charge >= 0.3 is 0 Å². The van der Waals surface area contributed by atoms with Crippen molar-refractivity contribution in [1.82, 2.24) is 10.2 Å². The van der Waals surface area contributed by atoms with Gasteiger partial charge in [0.05, 0.1) is 27.2 Å². The Morgan fingerprint density at radius 2 is 1.81 bits per heavy atom. The van der Waals surface area contributed by atoms with Crippen LogP contribution < -0.4 is 15.1 Å². The standard InChI is InChI=1S/C15H23FN4S/c1-18(2)8-7-17-15(21)20-11-9-19(10-12-20)14-5-3-13(16)4-6-14/h3-6H,7-12H2,1-2H3,(H,17,21)/p+1. The van der Waals surface area contributed by atoms with Crippen molar-refractivity contribution in [2.24, 2.45) is 0 Å². The van der Waals surface area contributed by atoms with Crippen LogP contribution in [-0.4, -0.2) is 63.4 Å². The van der Waals surface area contributed by atoms with Crippen LogP contribution in [0.4, 0.5) is 10.1 Å². The summed E-state index contributed by atoms with van der Waals surface area (Å²) < 4.78 is 12.9. The van der Waals surface area contributed by atoms with Crippen molar-refractivity contribution in [2.45, 2.75) is 0 Å². The third kappa shape index (κ3) is 4.82. The second-order valence-corrected chi connectivity index (χ2v) is 6.03. The van der Waals surface area contributed by atoms with Gasteiger partial charge in [0.15, 0.2) is 5.11 Å². The van der Waals surface area contributed by atoms with E-state index in [1.165, 1.54) is 17.0 Å². The lowest BCUT2D eigenvalue weighted by Gasteiger charge is -2.37. The van der Waals surface area contributed by atoms with Gasteiger partial charge in [-0.3, -0.25) is 0 Å². The molecule has 2 rings (SSSR count). The van der Waals surface area contributed by atoms with Crippen LogP contribution >= 0.6 is 12.2 Å². The summed E-state index contributed by atoms with van der Waals surface area (Å²) in [6.45, 7) is 5.57. The lowest BCUT2D eigenvalue weighted by atomic mass is 10.2. The summed E-state index contributed by atoms with van der Waals surface area (Å²) in [6, 6.07) is 6.69. The first-order valence-electron chi connectivity index (χ1n) is 7.38. The summed E-state index contributed by atoms with van der Waals surface area (Å²) in [7, 11) is 4.26. The Morgan fingerprint density at radius 1 is 1.19 bits per heavy atom. The van der Waals surface area contributed by atoms with Crippen molar-refractivity contribution in [3.8, 4) is 0 Å². The van der Waals surface area contributed by atoms with E-state index in [4.69, 9.17) is 12.2 Å². The van der Waals surface area contributed by atoms with E-state index in [1.54, 1.807) is 0 Å². The first kappa shape index (κ1) is 16.0. The maximum absolute atomic E-state index is 12.9. The fourth-order valence-electron chi connectivity index (χ4n) is 2.35. The third-order valence-corrected chi connectivity index (χ3v) is 4.06. The molecule has 1 fully saturated rings. The zero-order valence-corrected chi connectivity index (χ0v) is 13.5. The highest BCUT2D eigenvalue weighted by Crippen LogP contribution is 2.16. The van der Waals surface area contributed by atoms with Gasteiger partial charge in [0, 0.05) is 31.9 Å². The predicted octanol–water partition coefficient (Wildman–Crippen LogP) is -0.0333. The largest absolute Gasteiger partial charge is 0.368 e. The minimum absolute atomic E-state index is 0.189. The molecule has 0 bridgehead atoms. The van der Waals surface area contributed by atoms with Gasteiger partial charge in [-0.1, -0.05) is 0 Å². The van der Waals surface area contributed by atoms with Crippen LogP contribution in [0.2, 0.25) is 0 Å². The monoisotopic (exact) mass is 311 g/mol. The molecular formula is C15H24FN4S+. The van der Waals surface area contributed by atoms with Crippen molar-refractivity contribution in [3.63, 3.8) is 0 Å². The van der Waals surface area contributed by atoms with Gasteiger partial charge < -0.3 is 20.0 Å². The second kappa shape index (κ2) is 7.56. The molecule has 0 radical (unpaired) electrons. The van der Waals surface area contributed by atoms with Crippen molar-refractivity contribution >= 4 is 23.0 Å². The lowest BCUT2D eigenvalue weighted by molar-refractivity contribution is -0.856. The summed E-state index contributed by atoms with van der Waals surface area (Å²) in [5.41, 5.74) is 1.08. The third-order valence-electron chi connectivity index (χ3n) is 3.66. The highest BCUT2D eigenvalue weighted by atomic mass is 32.1. The van der Waals surface area contributed by atoms with E-state index in [9.17, 15) is 4.39 Å². The molecule has 21 heavy (non-hydrogen) atoms. The van der Waals surface area contributed by atoms with Crippen molar-refractivity contribution in [3.05, 3.63) is 30.1 Å². The number of hydrogen-bond acceptors (Lipinski definition) is 2. The minimum Gasteiger partial charge on any atom is -0.368 e. The number of thiocarbonyl (C=S) groups is 1. The average molecular weight is 311 g/mol. The van der Waals surface area contributed by atoms with E-state index < -0.39 is 0 Å². The Kier molecular flexibility index (Phi) is 5.76. The summed E-state index contributed by atoms with van der Waals surface area (Å²) >= 11 is 5.44. The van der Waals surface area contributed by atoms with Crippen LogP contribution in [0, 0.1) is 5.82 Å². The molecule has 0 aromatic heterocycles. The van der Waals surface area contributed by atoms with E-state index in [2.05, 4.69) is 29.2 Å². The molecule has 116 valence electrons. The zero-order valence-electron chi connectivity index (χ0n) is 12.7. The van der Waals surface area contributed by atoms with E-state index in [0.29, 0.717) is 0 Å². The van der Waals surface area contributed by atoms with E-state index in [1.807, 2.05) is 12.1 Å². The van der Waals surface area contributed by atoms with Gasteiger partial charge in [0.2, 0.25) is 0 Å². The number of nitrogens with one attached hydrogen (secondary N) is 2. The SMILES string of the molecule is C[NH+](C)CCNC(=S)N1CCN(c2ccc(F)cc2)CC1. The molecule has 0 amide bonds. The molecule has 0 unspecified atom stereocenters. The Bertz CT molecular complexity index is 455. The molecule has 1 aliphatic heterocycles. The van der Waals surface area contributed by atoms with E-state index in [-0.39, 0.29) is 5.82 Å². The van der Waals surface area contributed by atoms with Gasteiger partial charge in [-0.2, -0.15) is 0 Å². The Labute approximate surface area is 131 Å². The number of piperazine rings is 1. The maximum Gasteiger partial charge on any atom is 0.169 e. The summed E-state index contributed by atoms with van der Waals surface area (Å²) in [5, 5.41) is 4.16. The smallest absolute Gasteiger partial charge is 0.169 e. The number of anilines is 1. The number of benzene rings is 1. The van der Waals surface area contributed by atoms with Gasteiger partial charge in [-0.25, -0.2) is 4.39 Å². The molecule has 0 atom stereocenters. The number of likely N-dealkylation sites (N-methyl/N-ethyl adjacent to an activating group) is 1. The minimum atomic E-state index is -0.189. The van der Waals surface area contributed by atoms with Crippen molar-refractivity contribution in [2.75, 3.05) is 58.3 Å². The fourth-order valence-corrected chi connectivity index (χ4v) is 2.64. The molecule has 1 heterocycles. The number of nitrogens with zero attached hydrogens (tertiary/aromatic N) is 2. The predicted molar refractivity (Wildman–Crippen MR) is 88.5 cm³/mol. The lowest BCUT2D eigenvalue weighted by Crippen LogP contribution is -3.06. The molecule has 1 aromatic carbocycles. The quantitative estimate of drug-likeness (QED) is 0.762. The molecule has 1 saturated heterocycles. The normalized spacial score (nSPS) is 15.4. The number of rotatable bonds is 4. The van der Waals surface area contributed by atoms with Crippen LogP contribution in [-0.2, 0) is 0 Å². The van der Waals surface area contributed by atoms with Crippen LogP contribution in [0.3, 0.4) is 0 Å². The van der Waals surface area contributed by atoms with Crippen molar-refractivity contribution < 1.29 is 9.29 Å². The molecule has 2 N–H and O–H groups in total. The van der Waals surface area contributed by atoms with Crippen molar-refractivity contribution in [1.29, 1.82) is 0 Å². The van der Waals surface area contributed by atoms with E-state index >= 15 is 0 Å². The molecule has 1 aliphatic rings.